The number of rotatable bonds is 7. The van der Waals surface area contributed by atoms with Crippen molar-refractivity contribution in [2.45, 2.75) is 52.0 Å². The van der Waals surface area contributed by atoms with Gasteiger partial charge < -0.3 is 19.4 Å². The van der Waals surface area contributed by atoms with E-state index in [1.54, 1.807) is 0 Å². The van der Waals surface area contributed by atoms with E-state index >= 15 is 0 Å². The van der Waals surface area contributed by atoms with E-state index in [0.29, 0.717) is 13.2 Å². The Kier molecular flexibility index (Phi) is 5.82. The smallest absolute Gasteiger partial charge is 0.489 e. The lowest BCUT2D eigenvalue weighted by Crippen LogP contribution is -2.41. The van der Waals surface area contributed by atoms with Crippen LogP contribution >= 0.6 is 0 Å². The molecule has 1 saturated heterocycles. The summed E-state index contributed by atoms with van der Waals surface area (Å²) >= 11 is 0. The second-order valence-corrected chi connectivity index (χ2v) is 8.95. The third-order valence-corrected chi connectivity index (χ3v) is 6.04. The molecule has 7 heteroatoms. The minimum absolute atomic E-state index is 0.360. The fraction of sp³-hybridized carbons (Fsp3) is 0.375. The molecular formula is C24H30BN3O3. The van der Waals surface area contributed by atoms with Crippen LogP contribution in [-0.2, 0) is 22.5 Å². The first-order valence-corrected chi connectivity index (χ1v) is 10.6. The standard InChI is InChI=1S/C24H30BN3O3/c1-23(2)24(3,4)31-25(30-23)20-14-27-28(16-20)15-18-8-6-9-19(12-18)17-29-22-11-7-10-21(13-22)26-5/h6-14,16,26H,15,17H2,1-5H3. The van der Waals surface area contributed by atoms with Gasteiger partial charge in [-0.3, -0.25) is 4.68 Å². The molecule has 6 nitrogen and oxygen atoms in total. The van der Waals surface area contributed by atoms with Crippen LogP contribution in [0.2, 0.25) is 0 Å². The van der Waals surface area contributed by atoms with Crippen LogP contribution in [0.3, 0.4) is 0 Å². The molecule has 1 aliphatic rings. The highest BCUT2D eigenvalue weighted by molar-refractivity contribution is 6.62. The monoisotopic (exact) mass is 419 g/mol. The Balaban J connectivity index is 1.39. The van der Waals surface area contributed by atoms with Gasteiger partial charge in [0.25, 0.3) is 0 Å². The van der Waals surface area contributed by atoms with E-state index in [4.69, 9.17) is 14.0 Å². The van der Waals surface area contributed by atoms with Crippen LogP contribution in [0.4, 0.5) is 5.69 Å². The maximum atomic E-state index is 6.13. The molecule has 0 amide bonds. The zero-order chi connectivity index (χ0) is 22.1. The molecule has 2 heterocycles. The van der Waals surface area contributed by atoms with Gasteiger partial charge in [0.1, 0.15) is 12.4 Å². The number of nitrogens with zero attached hydrogens (tertiary/aromatic N) is 2. The number of nitrogens with one attached hydrogen (secondary N) is 1. The number of aromatic nitrogens is 2. The predicted molar refractivity (Wildman–Crippen MR) is 124 cm³/mol. The Labute approximate surface area is 184 Å². The van der Waals surface area contributed by atoms with Crippen molar-refractivity contribution in [3.8, 4) is 5.75 Å². The summed E-state index contributed by atoms with van der Waals surface area (Å²) in [5.41, 5.74) is 3.52. The van der Waals surface area contributed by atoms with Crippen LogP contribution in [-0.4, -0.2) is 35.1 Å². The van der Waals surface area contributed by atoms with E-state index in [-0.39, 0.29) is 11.2 Å². The first-order valence-electron chi connectivity index (χ1n) is 10.6. The molecule has 1 fully saturated rings. The summed E-state index contributed by atoms with van der Waals surface area (Å²) in [5.74, 6) is 0.844. The fourth-order valence-corrected chi connectivity index (χ4v) is 3.48. The highest BCUT2D eigenvalue weighted by Crippen LogP contribution is 2.36. The van der Waals surface area contributed by atoms with Gasteiger partial charge in [-0.15, -0.1) is 0 Å². The van der Waals surface area contributed by atoms with Crippen LogP contribution < -0.4 is 15.5 Å². The first-order chi connectivity index (χ1) is 14.8. The summed E-state index contributed by atoms with van der Waals surface area (Å²) in [4.78, 5) is 0. The maximum absolute atomic E-state index is 6.13. The second-order valence-electron chi connectivity index (χ2n) is 8.95. The van der Waals surface area contributed by atoms with Crippen molar-refractivity contribution >= 4 is 18.3 Å². The van der Waals surface area contributed by atoms with Gasteiger partial charge >= 0.3 is 7.12 Å². The number of ether oxygens (including phenoxy) is 1. The van der Waals surface area contributed by atoms with Crippen molar-refractivity contribution < 1.29 is 14.0 Å². The molecule has 1 aliphatic heterocycles. The van der Waals surface area contributed by atoms with E-state index in [1.807, 2.05) is 48.4 Å². The third kappa shape index (κ3) is 4.78. The molecule has 2 aromatic carbocycles. The van der Waals surface area contributed by atoms with Crippen molar-refractivity contribution in [2.24, 2.45) is 0 Å². The molecule has 0 atom stereocenters. The lowest BCUT2D eigenvalue weighted by Gasteiger charge is -2.32. The minimum atomic E-state index is -0.396. The minimum Gasteiger partial charge on any atom is -0.489 e. The summed E-state index contributed by atoms with van der Waals surface area (Å²) < 4.78 is 20.1. The van der Waals surface area contributed by atoms with E-state index in [1.165, 1.54) is 0 Å². The Morgan fingerprint density at radius 3 is 2.45 bits per heavy atom. The second kappa shape index (κ2) is 8.40. The summed E-state index contributed by atoms with van der Waals surface area (Å²) in [6, 6.07) is 16.3. The van der Waals surface area contributed by atoms with Gasteiger partial charge in [-0.2, -0.15) is 5.10 Å². The fourth-order valence-electron chi connectivity index (χ4n) is 3.48. The van der Waals surface area contributed by atoms with Gasteiger partial charge in [-0.1, -0.05) is 30.3 Å². The Bertz CT molecular complexity index is 1030. The van der Waals surface area contributed by atoms with E-state index in [0.717, 1.165) is 28.0 Å². The van der Waals surface area contributed by atoms with Crippen LogP contribution in [0.25, 0.3) is 0 Å². The molecule has 0 aliphatic carbocycles. The van der Waals surface area contributed by atoms with Gasteiger partial charge in [0.2, 0.25) is 0 Å². The van der Waals surface area contributed by atoms with Crippen LogP contribution in [0.5, 0.6) is 5.75 Å². The number of benzene rings is 2. The maximum Gasteiger partial charge on any atom is 0.498 e. The third-order valence-electron chi connectivity index (χ3n) is 6.04. The molecule has 162 valence electrons. The van der Waals surface area contributed by atoms with Gasteiger partial charge in [-0.25, -0.2) is 0 Å². The van der Waals surface area contributed by atoms with Gasteiger partial charge in [0.05, 0.1) is 17.7 Å². The molecule has 1 aromatic heterocycles. The average molecular weight is 419 g/mol. The molecule has 31 heavy (non-hydrogen) atoms. The first kappa shape index (κ1) is 21.5. The molecule has 0 spiro atoms. The number of hydrogen-bond acceptors (Lipinski definition) is 5. The number of anilines is 1. The van der Waals surface area contributed by atoms with Crippen molar-refractivity contribution in [1.29, 1.82) is 0 Å². The summed E-state index contributed by atoms with van der Waals surface area (Å²) in [5, 5.41) is 7.64. The summed E-state index contributed by atoms with van der Waals surface area (Å²) in [7, 11) is 1.50. The lowest BCUT2D eigenvalue weighted by atomic mass is 9.82. The number of hydrogen-bond donors (Lipinski definition) is 1. The van der Waals surface area contributed by atoms with Gasteiger partial charge in [0.15, 0.2) is 0 Å². The van der Waals surface area contributed by atoms with Crippen LogP contribution in [0, 0.1) is 0 Å². The Hall–Kier alpha value is -2.77. The van der Waals surface area contributed by atoms with Crippen molar-refractivity contribution in [1.82, 2.24) is 9.78 Å². The summed E-state index contributed by atoms with van der Waals surface area (Å²) in [6.07, 6.45) is 3.82. The molecular weight excluding hydrogens is 389 g/mol. The molecule has 0 bridgehead atoms. The molecule has 0 unspecified atom stereocenters. The van der Waals surface area contributed by atoms with Crippen molar-refractivity contribution in [3.05, 3.63) is 72.1 Å². The quantitative estimate of drug-likeness (QED) is 0.590. The normalized spacial score (nSPS) is 17.0. The van der Waals surface area contributed by atoms with Crippen LogP contribution in [0.1, 0.15) is 38.8 Å². The zero-order valence-corrected chi connectivity index (χ0v) is 18.9. The van der Waals surface area contributed by atoms with E-state index in [9.17, 15) is 0 Å². The lowest BCUT2D eigenvalue weighted by molar-refractivity contribution is 0.00578. The van der Waals surface area contributed by atoms with Gasteiger partial charge in [0, 0.05) is 36.7 Å². The molecule has 0 radical (unpaired) electrons. The van der Waals surface area contributed by atoms with Gasteiger partial charge in [-0.05, 0) is 51.0 Å². The molecule has 1 N–H and O–H groups in total. The zero-order valence-electron chi connectivity index (χ0n) is 18.9. The van der Waals surface area contributed by atoms with Crippen LogP contribution in [0.15, 0.2) is 60.9 Å². The summed E-state index contributed by atoms with van der Waals surface area (Å²) in [6.45, 7) is 9.40. The Morgan fingerprint density at radius 1 is 1.00 bits per heavy atom. The highest BCUT2D eigenvalue weighted by atomic mass is 16.7. The predicted octanol–water partition coefficient (Wildman–Crippen LogP) is 3.85. The molecule has 0 saturated carbocycles. The van der Waals surface area contributed by atoms with E-state index in [2.05, 4.69) is 62.4 Å². The topological polar surface area (TPSA) is 57.5 Å². The molecule has 3 aromatic rings. The Morgan fingerprint density at radius 2 is 1.71 bits per heavy atom. The molecule has 4 rings (SSSR count). The largest absolute Gasteiger partial charge is 0.498 e. The van der Waals surface area contributed by atoms with E-state index < -0.39 is 7.12 Å². The SMILES string of the molecule is CNc1cccc(OCc2cccc(Cn3cc(B4OC(C)(C)C(C)(C)O4)cn3)c2)c1. The highest BCUT2D eigenvalue weighted by Gasteiger charge is 2.52. The average Bonchev–Trinajstić information content (AvgIpc) is 3.28. The van der Waals surface area contributed by atoms with Crippen molar-refractivity contribution in [3.63, 3.8) is 0 Å². The van der Waals surface area contributed by atoms with Crippen molar-refractivity contribution in [2.75, 3.05) is 12.4 Å².